The minimum absolute atomic E-state index is 0.617. The van der Waals surface area contributed by atoms with Crippen molar-refractivity contribution in [2.24, 2.45) is 0 Å². The second kappa shape index (κ2) is 5.12. The van der Waals surface area contributed by atoms with E-state index in [1.165, 1.54) is 16.7 Å². The molecule has 9 heteroatoms. The summed E-state index contributed by atoms with van der Waals surface area (Å²) in [5.41, 5.74) is 0. The van der Waals surface area contributed by atoms with Gasteiger partial charge in [0, 0.05) is 4.75 Å². The zero-order valence-corrected chi connectivity index (χ0v) is 11.9. The van der Waals surface area contributed by atoms with Gasteiger partial charge in [-0.05, 0) is 13.8 Å². The van der Waals surface area contributed by atoms with Gasteiger partial charge in [0.1, 0.15) is 11.4 Å². The number of thioether (sulfide) groups is 1. The Kier molecular flexibility index (Phi) is 3.81. The predicted octanol–water partition coefficient (Wildman–Crippen LogP) is 0.670. The molecule has 0 bridgehead atoms. The average molecular weight is 307 g/mol. The molecule has 0 aromatic carbocycles. The number of carbonyl (C=O) groups excluding carboxylic acids is 3. The van der Waals surface area contributed by atoms with Gasteiger partial charge in [-0.1, -0.05) is 0 Å². The van der Waals surface area contributed by atoms with Gasteiger partial charge in [0.15, 0.2) is 0 Å². The third kappa shape index (κ3) is 2.30. The second-order valence-electron chi connectivity index (χ2n) is 4.84. The molecule has 2 aliphatic heterocycles. The minimum atomic E-state index is -1.58. The molecule has 0 spiro atoms. The maximum Gasteiger partial charge on any atom is 0.510 e. The van der Waals surface area contributed by atoms with E-state index in [9.17, 15) is 18.8 Å². The van der Waals surface area contributed by atoms with Crippen molar-refractivity contribution in [2.75, 3.05) is 13.9 Å². The van der Waals surface area contributed by atoms with Crippen LogP contribution < -0.4 is 0 Å². The van der Waals surface area contributed by atoms with Crippen molar-refractivity contribution in [3.05, 3.63) is 0 Å². The Morgan fingerprint density at radius 2 is 2.05 bits per heavy atom. The summed E-state index contributed by atoms with van der Waals surface area (Å²) in [4.78, 5) is 35.4. The third-order valence-corrected chi connectivity index (χ3v) is 4.68. The van der Waals surface area contributed by atoms with E-state index in [1.54, 1.807) is 13.8 Å². The summed E-state index contributed by atoms with van der Waals surface area (Å²) in [6.45, 7) is 2.83. The van der Waals surface area contributed by atoms with Gasteiger partial charge >= 0.3 is 12.1 Å². The summed E-state index contributed by atoms with van der Waals surface area (Å²) in [7, 11) is 1.12. The molecule has 2 fully saturated rings. The molecule has 0 saturated carbocycles. The smallest absolute Gasteiger partial charge is 0.438 e. The monoisotopic (exact) mass is 307 g/mol. The van der Waals surface area contributed by atoms with Crippen LogP contribution in [0, 0.1) is 0 Å². The standard InChI is InChI=1S/C11H14FNO6S/c1-11(2)6(9(15)18-4-19-10(16)17-3)13-7(14)5(12)8(13)20-11/h5-6,8H,4H2,1-3H3/t5-,6+,8-/m1/s1. The van der Waals surface area contributed by atoms with Gasteiger partial charge in [-0.15, -0.1) is 11.8 Å². The van der Waals surface area contributed by atoms with Crippen LogP contribution in [0.1, 0.15) is 13.8 Å². The van der Waals surface area contributed by atoms with Gasteiger partial charge in [0.2, 0.25) is 13.0 Å². The lowest BCUT2D eigenvalue weighted by atomic mass is 9.98. The lowest BCUT2D eigenvalue weighted by Gasteiger charge is -2.39. The topological polar surface area (TPSA) is 82.1 Å². The Morgan fingerprint density at radius 1 is 1.40 bits per heavy atom. The highest BCUT2D eigenvalue weighted by Gasteiger charge is 2.64. The fourth-order valence-corrected chi connectivity index (χ4v) is 3.76. The first kappa shape index (κ1) is 14.9. The van der Waals surface area contributed by atoms with E-state index in [0.717, 1.165) is 7.11 Å². The van der Waals surface area contributed by atoms with E-state index in [1.807, 2.05) is 0 Å². The van der Waals surface area contributed by atoms with Gasteiger partial charge in [-0.3, -0.25) is 4.79 Å². The molecule has 0 aliphatic carbocycles. The Hall–Kier alpha value is -1.51. The Balaban J connectivity index is 1.98. The predicted molar refractivity (Wildman–Crippen MR) is 65.4 cm³/mol. The van der Waals surface area contributed by atoms with Crippen molar-refractivity contribution >= 4 is 29.8 Å². The molecule has 20 heavy (non-hydrogen) atoms. The lowest BCUT2D eigenvalue weighted by molar-refractivity contribution is -0.172. The third-order valence-electron chi connectivity index (χ3n) is 3.14. The Morgan fingerprint density at radius 3 is 2.65 bits per heavy atom. The summed E-state index contributed by atoms with van der Waals surface area (Å²) in [6.07, 6.45) is -2.57. The Bertz CT molecular complexity index is 456. The van der Waals surface area contributed by atoms with Crippen LogP contribution in [-0.4, -0.2) is 59.2 Å². The van der Waals surface area contributed by atoms with E-state index >= 15 is 0 Å². The molecule has 0 unspecified atom stereocenters. The first-order valence-corrected chi connectivity index (χ1v) is 6.69. The number of hydrogen-bond acceptors (Lipinski definition) is 7. The highest BCUT2D eigenvalue weighted by molar-refractivity contribution is 8.01. The molecule has 1 amide bonds. The quantitative estimate of drug-likeness (QED) is 0.430. The maximum absolute atomic E-state index is 13.4. The van der Waals surface area contributed by atoms with Crippen LogP contribution in [0.4, 0.5) is 9.18 Å². The zero-order valence-electron chi connectivity index (χ0n) is 11.1. The number of methoxy groups -OCH3 is 1. The van der Waals surface area contributed by atoms with Crippen LogP contribution in [0.5, 0.6) is 0 Å². The van der Waals surface area contributed by atoms with E-state index in [2.05, 4.69) is 9.47 Å². The first-order valence-electron chi connectivity index (χ1n) is 5.81. The van der Waals surface area contributed by atoms with E-state index in [-0.39, 0.29) is 0 Å². The fourth-order valence-electron chi connectivity index (χ4n) is 2.22. The number of amides is 1. The van der Waals surface area contributed by atoms with Crippen molar-refractivity contribution in [1.82, 2.24) is 4.90 Å². The molecule has 3 atom stereocenters. The van der Waals surface area contributed by atoms with Crippen LogP contribution in [-0.2, 0) is 23.8 Å². The van der Waals surface area contributed by atoms with Gasteiger partial charge < -0.3 is 19.1 Å². The molecule has 2 heterocycles. The van der Waals surface area contributed by atoms with Gasteiger partial charge in [-0.25, -0.2) is 14.0 Å². The van der Waals surface area contributed by atoms with Crippen molar-refractivity contribution in [3.8, 4) is 0 Å². The minimum Gasteiger partial charge on any atom is -0.438 e. The van der Waals surface area contributed by atoms with Crippen LogP contribution in [0.3, 0.4) is 0 Å². The van der Waals surface area contributed by atoms with Crippen LogP contribution >= 0.6 is 11.8 Å². The number of halogens is 1. The van der Waals surface area contributed by atoms with E-state index in [4.69, 9.17) is 4.74 Å². The number of ether oxygens (including phenoxy) is 3. The zero-order chi connectivity index (χ0) is 15.1. The van der Waals surface area contributed by atoms with Crippen LogP contribution in [0.25, 0.3) is 0 Å². The van der Waals surface area contributed by atoms with Crippen molar-refractivity contribution in [2.45, 2.75) is 36.2 Å². The summed E-state index contributed by atoms with van der Waals surface area (Å²) in [5, 5.41) is -0.656. The molecule has 2 saturated heterocycles. The van der Waals surface area contributed by atoms with Crippen molar-refractivity contribution < 1.29 is 33.0 Å². The highest BCUT2D eigenvalue weighted by Crippen LogP contribution is 2.51. The number of β-lactam (4-membered cyclic amide) rings is 1. The van der Waals surface area contributed by atoms with E-state index in [0.29, 0.717) is 0 Å². The second-order valence-corrected chi connectivity index (χ2v) is 6.61. The number of alkyl halides is 1. The number of nitrogens with zero attached hydrogens (tertiary/aromatic N) is 1. The lowest BCUT2D eigenvalue weighted by Crippen LogP contribution is -2.64. The first-order chi connectivity index (χ1) is 9.29. The summed E-state index contributed by atoms with van der Waals surface area (Å²) < 4.78 is 26.1. The number of esters is 1. The fraction of sp³-hybridized carbons (Fsp3) is 0.727. The number of fused-ring (bicyclic) bond motifs is 1. The molecule has 2 rings (SSSR count). The van der Waals surface area contributed by atoms with Crippen molar-refractivity contribution in [3.63, 3.8) is 0 Å². The number of rotatable bonds is 3. The van der Waals surface area contributed by atoms with Gasteiger partial charge in [-0.2, -0.15) is 0 Å². The summed E-state index contributed by atoms with van der Waals surface area (Å²) >= 11 is 1.21. The SMILES string of the molecule is COC(=O)OCOC(=O)[C@@H]1N2C(=O)[C@@H](F)[C@H]2SC1(C)C. The molecule has 0 aromatic rings. The normalized spacial score (nSPS) is 30.3. The molecule has 0 N–H and O–H groups in total. The van der Waals surface area contributed by atoms with Crippen LogP contribution in [0.15, 0.2) is 0 Å². The molecule has 2 aliphatic rings. The number of hydrogen-bond donors (Lipinski definition) is 0. The molecular weight excluding hydrogens is 293 g/mol. The van der Waals surface area contributed by atoms with Gasteiger partial charge in [0.25, 0.3) is 5.91 Å². The molecular formula is C11H14FNO6S. The highest BCUT2D eigenvalue weighted by atomic mass is 32.2. The maximum atomic E-state index is 13.4. The largest absolute Gasteiger partial charge is 0.510 e. The van der Waals surface area contributed by atoms with Gasteiger partial charge in [0.05, 0.1) is 7.11 Å². The molecule has 0 radical (unpaired) electrons. The van der Waals surface area contributed by atoms with Crippen molar-refractivity contribution in [1.29, 1.82) is 0 Å². The molecule has 112 valence electrons. The van der Waals surface area contributed by atoms with Crippen LogP contribution in [0.2, 0.25) is 0 Å². The summed E-state index contributed by atoms with van der Waals surface area (Å²) in [6, 6.07) is -0.904. The summed E-state index contributed by atoms with van der Waals surface area (Å²) in [5.74, 6) is -1.46. The average Bonchev–Trinajstić information content (AvgIpc) is 2.66. The molecule has 0 aromatic heterocycles. The Labute approximate surface area is 118 Å². The molecule has 7 nitrogen and oxygen atoms in total. The number of carbonyl (C=O) groups is 3. The van der Waals surface area contributed by atoms with E-state index < -0.39 is 47.2 Å².